The van der Waals surface area contributed by atoms with Crippen molar-refractivity contribution in [3.8, 4) is 0 Å². The Morgan fingerprint density at radius 3 is 3.06 bits per heavy atom. The summed E-state index contributed by atoms with van der Waals surface area (Å²) in [6, 6.07) is 2.15. The van der Waals surface area contributed by atoms with Crippen molar-refractivity contribution in [1.29, 1.82) is 0 Å². The summed E-state index contributed by atoms with van der Waals surface area (Å²) in [7, 11) is 1.88. The zero-order valence-corrected chi connectivity index (χ0v) is 11.6. The average molecular weight is 300 g/mol. The number of carbonyl (C=O) groups is 1. The quantitative estimate of drug-likeness (QED) is 0.872. The van der Waals surface area contributed by atoms with E-state index in [0.717, 1.165) is 36.8 Å². The minimum atomic E-state index is 0.0186. The van der Waals surface area contributed by atoms with Crippen LogP contribution < -0.4 is 10.6 Å². The molecule has 1 aromatic rings. The first-order valence-corrected chi connectivity index (χ1v) is 6.79. The van der Waals surface area contributed by atoms with Crippen LogP contribution in [0.2, 0.25) is 0 Å². The van der Waals surface area contributed by atoms with Crippen molar-refractivity contribution in [1.82, 2.24) is 15.2 Å². The monoisotopic (exact) mass is 299 g/mol. The smallest absolute Gasteiger partial charge is 0.268 e. The third-order valence-corrected chi connectivity index (χ3v) is 3.55. The molecule has 5 heteroatoms. The van der Waals surface area contributed by atoms with Gasteiger partial charge in [-0.2, -0.15) is 0 Å². The van der Waals surface area contributed by atoms with Crippen LogP contribution in [-0.2, 0) is 7.05 Å². The van der Waals surface area contributed by atoms with Crippen molar-refractivity contribution in [3.63, 3.8) is 0 Å². The van der Waals surface area contributed by atoms with Gasteiger partial charge < -0.3 is 15.2 Å². The van der Waals surface area contributed by atoms with Crippen LogP contribution in [0.1, 0.15) is 29.8 Å². The molecule has 4 nitrogen and oxygen atoms in total. The van der Waals surface area contributed by atoms with Gasteiger partial charge in [0.05, 0.1) is 0 Å². The van der Waals surface area contributed by atoms with E-state index in [1.807, 2.05) is 23.9 Å². The minimum Gasteiger partial charge on any atom is -0.348 e. The van der Waals surface area contributed by atoms with E-state index in [0.29, 0.717) is 11.7 Å². The Labute approximate surface area is 110 Å². The fraction of sp³-hybridized carbons (Fsp3) is 0.583. The topological polar surface area (TPSA) is 46.1 Å². The second-order valence-corrected chi connectivity index (χ2v) is 5.42. The molecule has 2 rings (SSSR count). The van der Waals surface area contributed by atoms with Gasteiger partial charge in [0, 0.05) is 23.8 Å². The van der Waals surface area contributed by atoms with Gasteiger partial charge in [-0.25, -0.2) is 0 Å². The summed E-state index contributed by atoms with van der Waals surface area (Å²) in [5, 5.41) is 6.45. The molecule has 1 aromatic heterocycles. The van der Waals surface area contributed by atoms with Crippen molar-refractivity contribution < 1.29 is 4.79 Å². The summed E-state index contributed by atoms with van der Waals surface area (Å²) in [6.45, 7) is 2.05. The molecule has 0 radical (unpaired) electrons. The van der Waals surface area contributed by atoms with E-state index >= 15 is 0 Å². The lowest BCUT2D eigenvalue weighted by atomic mass is 10.1. The fourth-order valence-corrected chi connectivity index (χ4v) is 2.70. The first-order chi connectivity index (χ1) is 8.16. The molecule has 0 bridgehead atoms. The third kappa shape index (κ3) is 3.33. The molecule has 2 heterocycles. The number of rotatable bonds is 2. The summed E-state index contributed by atoms with van der Waals surface area (Å²) in [5.74, 6) is 0.0186. The van der Waals surface area contributed by atoms with Crippen LogP contribution in [-0.4, -0.2) is 29.6 Å². The molecule has 1 unspecified atom stereocenters. The highest BCUT2D eigenvalue weighted by Crippen LogP contribution is 2.14. The Balaban J connectivity index is 1.98. The zero-order chi connectivity index (χ0) is 12.3. The number of hydrogen-bond donors (Lipinski definition) is 2. The predicted molar refractivity (Wildman–Crippen MR) is 71.1 cm³/mol. The number of carbonyl (C=O) groups excluding carboxylic acids is 1. The highest BCUT2D eigenvalue weighted by atomic mass is 79.9. The first kappa shape index (κ1) is 12.6. The molecule has 1 amide bonds. The maximum absolute atomic E-state index is 12.1. The molecule has 1 saturated heterocycles. The van der Waals surface area contributed by atoms with E-state index in [1.165, 1.54) is 0 Å². The van der Waals surface area contributed by atoms with Crippen LogP contribution >= 0.6 is 15.9 Å². The first-order valence-electron chi connectivity index (χ1n) is 6.00. The van der Waals surface area contributed by atoms with Gasteiger partial charge in [-0.15, -0.1) is 0 Å². The van der Waals surface area contributed by atoms with Gasteiger partial charge in [-0.05, 0) is 54.3 Å². The van der Waals surface area contributed by atoms with Gasteiger partial charge in [0.1, 0.15) is 5.69 Å². The number of aromatic nitrogens is 1. The molecular weight excluding hydrogens is 282 g/mol. The van der Waals surface area contributed by atoms with Crippen molar-refractivity contribution in [2.24, 2.45) is 7.05 Å². The van der Waals surface area contributed by atoms with Crippen LogP contribution in [0.5, 0.6) is 0 Å². The summed E-state index contributed by atoms with van der Waals surface area (Å²) >= 11 is 3.38. The lowest BCUT2D eigenvalue weighted by Crippen LogP contribution is -2.36. The van der Waals surface area contributed by atoms with Crippen LogP contribution in [0.4, 0.5) is 0 Å². The molecule has 1 fully saturated rings. The number of aryl methyl sites for hydroxylation is 1. The standard InChI is InChI=1S/C12H18BrN3O/c1-16-8-9(13)7-11(16)12(17)15-10-3-2-5-14-6-4-10/h7-8,10,14H,2-6H2,1H3,(H,15,17). The van der Waals surface area contributed by atoms with E-state index < -0.39 is 0 Å². The lowest BCUT2D eigenvalue weighted by molar-refractivity contribution is 0.0926. The Morgan fingerprint density at radius 2 is 2.35 bits per heavy atom. The minimum absolute atomic E-state index is 0.0186. The maximum atomic E-state index is 12.1. The van der Waals surface area contributed by atoms with E-state index in [2.05, 4.69) is 26.6 Å². The van der Waals surface area contributed by atoms with Gasteiger partial charge >= 0.3 is 0 Å². The molecule has 1 aliphatic heterocycles. The van der Waals surface area contributed by atoms with Crippen LogP contribution in [0.25, 0.3) is 0 Å². The Morgan fingerprint density at radius 1 is 1.53 bits per heavy atom. The van der Waals surface area contributed by atoms with Crippen molar-refractivity contribution in [2.75, 3.05) is 13.1 Å². The normalized spacial score (nSPS) is 20.9. The molecule has 2 N–H and O–H groups in total. The van der Waals surface area contributed by atoms with Gasteiger partial charge in [0.15, 0.2) is 0 Å². The van der Waals surface area contributed by atoms with E-state index in [4.69, 9.17) is 0 Å². The average Bonchev–Trinajstić information content (AvgIpc) is 2.51. The lowest BCUT2D eigenvalue weighted by Gasteiger charge is -2.16. The number of amides is 1. The summed E-state index contributed by atoms with van der Waals surface area (Å²) < 4.78 is 2.78. The second kappa shape index (κ2) is 5.69. The molecule has 1 aliphatic rings. The molecule has 1 atom stereocenters. The number of nitrogens with zero attached hydrogens (tertiary/aromatic N) is 1. The Bertz CT molecular complexity index is 394. The predicted octanol–water partition coefficient (Wildman–Crippen LogP) is 1.66. The van der Waals surface area contributed by atoms with Crippen LogP contribution in [0, 0.1) is 0 Å². The Kier molecular flexibility index (Phi) is 4.23. The maximum Gasteiger partial charge on any atom is 0.268 e. The summed E-state index contributed by atoms with van der Waals surface area (Å²) in [4.78, 5) is 12.1. The van der Waals surface area contributed by atoms with Crippen molar-refractivity contribution >= 4 is 21.8 Å². The number of hydrogen-bond acceptors (Lipinski definition) is 2. The fourth-order valence-electron chi connectivity index (χ4n) is 2.17. The number of halogens is 1. The van der Waals surface area contributed by atoms with Crippen LogP contribution in [0.15, 0.2) is 16.7 Å². The largest absolute Gasteiger partial charge is 0.348 e. The van der Waals surface area contributed by atoms with Gasteiger partial charge in [-0.3, -0.25) is 4.79 Å². The second-order valence-electron chi connectivity index (χ2n) is 4.51. The van der Waals surface area contributed by atoms with E-state index in [-0.39, 0.29) is 5.91 Å². The van der Waals surface area contributed by atoms with Crippen LogP contribution in [0.3, 0.4) is 0 Å². The summed E-state index contributed by atoms with van der Waals surface area (Å²) in [5.41, 5.74) is 0.703. The SMILES string of the molecule is Cn1cc(Br)cc1C(=O)NC1CCCNCC1. The van der Waals surface area contributed by atoms with Gasteiger partial charge in [0.2, 0.25) is 0 Å². The van der Waals surface area contributed by atoms with Gasteiger partial charge in [-0.1, -0.05) is 0 Å². The highest BCUT2D eigenvalue weighted by Gasteiger charge is 2.17. The van der Waals surface area contributed by atoms with E-state index in [1.54, 1.807) is 0 Å². The molecule has 0 aliphatic carbocycles. The van der Waals surface area contributed by atoms with Crippen molar-refractivity contribution in [3.05, 3.63) is 22.4 Å². The summed E-state index contributed by atoms with van der Waals surface area (Å²) in [6.07, 6.45) is 5.09. The molecule has 0 aromatic carbocycles. The molecule has 0 saturated carbocycles. The number of nitrogens with one attached hydrogen (secondary N) is 2. The van der Waals surface area contributed by atoms with Crippen molar-refractivity contribution in [2.45, 2.75) is 25.3 Å². The van der Waals surface area contributed by atoms with Gasteiger partial charge in [0.25, 0.3) is 5.91 Å². The third-order valence-electron chi connectivity index (χ3n) is 3.12. The molecule has 17 heavy (non-hydrogen) atoms. The molecule has 94 valence electrons. The zero-order valence-electron chi connectivity index (χ0n) is 10.0. The molecular formula is C12H18BrN3O. The van der Waals surface area contributed by atoms with E-state index in [9.17, 15) is 4.79 Å². The highest BCUT2D eigenvalue weighted by molar-refractivity contribution is 9.10. The Hall–Kier alpha value is -0.810. The molecule has 0 spiro atoms.